The Morgan fingerprint density at radius 2 is 1.62 bits per heavy atom. The van der Waals surface area contributed by atoms with Crippen molar-refractivity contribution in [2.24, 2.45) is 0 Å². The van der Waals surface area contributed by atoms with Gasteiger partial charge in [-0.25, -0.2) is 8.78 Å². The lowest BCUT2D eigenvalue weighted by atomic mass is 9.97. The maximum absolute atomic E-state index is 13.2. The quantitative estimate of drug-likeness (QED) is 0.613. The van der Waals surface area contributed by atoms with Gasteiger partial charge >= 0.3 is 0 Å². The maximum Gasteiger partial charge on any atom is 0.251 e. The summed E-state index contributed by atoms with van der Waals surface area (Å²) in [4.78, 5) is 2.29. The third-order valence-corrected chi connectivity index (χ3v) is 3.34. The number of hydrogen-bond acceptors (Lipinski definition) is 1. The molecule has 2 fully saturated rings. The van der Waals surface area contributed by atoms with Gasteiger partial charge in [0.15, 0.2) is 0 Å². The average Bonchev–Trinajstić information content (AvgIpc) is 2.23. The number of nitrogens with zero attached hydrogens (tertiary/aromatic N) is 1. The zero-order valence-electron chi connectivity index (χ0n) is 8.26. The number of halogens is 2. The van der Waals surface area contributed by atoms with Crippen molar-refractivity contribution < 1.29 is 8.78 Å². The van der Waals surface area contributed by atoms with Gasteiger partial charge in [0.05, 0.1) is 0 Å². The van der Waals surface area contributed by atoms with Crippen molar-refractivity contribution >= 4 is 0 Å². The molecule has 2 rings (SSSR count). The lowest BCUT2D eigenvalue weighted by Gasteiger charge is -2.41. The fraction of sp³-hybridized carbons (Fsp3) is 1.00. The Balaban J connectivity index is 2.13. The van der Waals surface area contributed by atoms with E-state index in [1.54, 1.807) is 0 Å². The van der Waals surface area contributed by atoms with Crippen molar-refractivity contribution in [1.29, 1.82) is 0 Å². The highest BCUT2D eigenvalue weighted by Gasteiger charge is 2.49. The van der Waals surface area contributed by atoms with Crippen LogP contribution in [-0.4, -0.2) is 28.9 Å². The van der Waals surface area contributed by atoms with Gasteiger partial charge in [-0.1, -0.05) is 0 Å². The molecule has 2 bridgehead atoms. The first-order valence-corrected chi connectivity index (χ1v) is 5.15. The number of fused-ring (bicyclic) bond motifs is 2. The highest BCUT2D eigenvalue weighted by Crippen LogP contribution is 2.44. The third kappa shape index (κ3) is 1.58. The highest BCUT2D eigenvalue weighted by molar-refractivity contribution is 4.99. The summed E-state index contributed by atoms with van der Waals surface area (Å²) in [6, 6.07) is 0.719. The molecule has 0 aliphatic carbocycles. The van der Waals surface area contributed by atoms with E-state index in [2.05, 4.69) is 18.7 Å². The van der Waals surface area contributed by atoms with E-state index in [-0.39, 0.29) is 24.9 Å². The summed E-state index contributed by atoms with van der Waals surface area (Å²) in [5, 5.41) is 0. The van der Waals surface area contributed by atoms with E-state index in [1.165, 1.54) is 0 Å². The van der Waals surface area contributed by atoms with Crippen LogP contribution < -0.4 is 0 Å². The Labute approximate surface area is 78.1 Å². The van der Waals surface area contributed by atoms with Crippen LogP contribution in [0.2, 0.25) is 0 Å². The lowest BCUT2D eigenvalue weighted by Crippen LogP contribution is -2.50. The number of hydrogen-bond donors (Lipinski definition) is 0. The molecule has 0 N–H and O–H groups in total. The van der Waals surface area contributed by atoms with E-state index >= 15 is 0 Å². The summed E-state index contributed by atoms with van der Waals surface area (Å²) in [5.74, 6) is -2.39. The zero-order chi connectivity index (χ0) is 9.64. The largest absolute Gasteiger partial charge is 0.295 e. The van der Waals surface area contributed by atoms with Crippen LogP contribution in [0, 0.1) is 0 Å². The van der Waals surface area contributed by atoms with Crippen molar-refractivity contribution in [2.45, 2.75) is 63.6 Å². The molecule has 2 unspecified atom stereocenters. The van der Waals surface area contributed by atoms with Gasteiger partial charge in [-0.2, -0.15) is 0 Å². The zero-order valence-corrected chi connectivity index (χ0v) is 8.26. The fourth-order valence-corrected chi connectivity index (χ4v) is 3.01. The molecule has 76 valence electrons. The van der Waals surface area contributed by atoms with Gasteiger partial charge in [-0.15, -0.1) is 0 Å². The monoisotopic (exact) mass is 189 g/mol. The molecule has 2 saturated heterocycles. The fourth-order valence-electron chi connectivity index (χ4n) is 3.01. The summed E-state index contributed by atoms with van der Waals surface area (Å²) in [5.41, 5.74) is 0. The molecule has 2 heterocycles. The Morgan fingerprint density at radius 3 is 2.00 bits per heavy atom. The molecule has 0 spiro atoms. The predicted molar refractivity (Wildman–Crippen MR) is 48.0 cm³/mol. The molecular weight excluding hydrogens is 172 g/mol. The van der Waals surface area contributed by atoms with Crippen LogP contribution in [0.5, 0.6) is 0 Å². The molecule has 2 aliphatic rings. The van der Waals surface area contributed by atoms with Crippen molar-refractivity contribution in [3.63, 3.8) is 0 Å². The minimum atomic E-state index is -2.39. The second kappa shape index (κ2) is 2.91. The Morgan fingerprint density at radius 1 is 1.15 bits per heavy atom. The maximum atomic E-state index is 13.2. The normalized spacial score (nSPS) is 38.5. The van der Waals surface area contributed by atoms with Crippen LogP contribution in [0.15, 0.2) is 0 Å². The number of rotatable bonds is 1. The van der Waals surface area contributed by atoms with E-state index in [0.717, 1.165) is 12.8 Å². The van der Waals surface area contributed by atoms with Crippen molar-refractivity contribution in [1.82, 2.24) is 4.90 Å². The molecule has 0 saturated carbocycles. The van der Waals surface area contributed by atoms with E-state index in [9.17, 15) is 8.78 Å². The van der Waals surface area contributed by atoms with Crippen LogP contribution >= 0.6 is 0 Å². The Hall–Kier alpha value is -0.180. The van der Waals surface area contributed by atoms with E-state index in [1.807, 2.05) is 0 Å². The first-order chi connectivity index (χ1) is 5.99. The van der Waals surface area contributed by atoms with Gasteiger partial charge < -0.3 is 0 Å². The molecular formula is C10H17F2N. The molecule has 0 radical (unpaired) electrons. The molecule has 2 aliphatic heterocycles. The van der Waals surface area contributed by atoms with E-state index < -0.39 is 5.92 Å². The van der Waals surface area contributed by atoms with E-state index in [4.69, 9.17) is 0 Å². The molecule has 0 aromatic carbocycles. The second-order valence-corrected chi connectivity index (χ2v) is 4.69. The first-order valence-electron chi connectivity index (χ1n) is 5.15. The van der Waals surface area contributed by atoms with Gasteiger partial charge in [0.2, 0.25) is 0 Å². The standard InChI is InChI=1S/C10H17F2N/c1-7(2)13-8-3-4-9(13)6-10(11,12)5-8/h7-9H,3-6H2,1-2H3. The molecule has 2 atom stereocenters. The van der Waals surface area contributed by atoms with Crippen LogP contribution in [-0.2, 0) is 0 Å². The summed E-state index contributed by atoms with van der Waals surface area (Å²) < 4.78 is 26.3. The molecule has 3 heteroatoms. The van der Waals surface area contributed by atoms with Crippen LogP contribution in [0.1, 0.15) is 39.5 Å². The van der Waals surface area contributed by atoms with Gasteiger partial charge in [0, 0.05) is 31.0 Å². The average molecular weight is 189 g/mol. The molecule has 0 amide bonds. The first kappa shape index (κ1) is 9.38. The summed E-state index contributed by atoms with van der Waals surface area (Å²) >= 11 is 0. The highest BCUT2D eigenvalue weighted by atomic mass is 19.3. The third-order valence-electron chi connectivity index (χ3n) is 3.34. The van der Waals surface area contributed by atoms with Crippen molar-refractivity contribution in [3.8, 4) is 0 Å². The van der Waals surface area contributed by atoms with Gasteiger partial charge in [0.1, 0.15) is 0 Å². The lowest BCUT2D eigenvalue weighted by molar-refractivity contribution is -0.0897. The van der Waals surface area contributed by atoms with Crippen molar-refractivity contribution in [2.75, 3.05) is 0 Å². The van der Waals surface area contributed by atoms with Crippen molar-refractivity contribution in [3.05, 3.63) is 0 Å². The smallest absolute Gasteiger partial charge is 0.251 e. The second-order valence-electron chi connectivity index (χ2n) is 4.69. The summed E-state index contributed by atoms with van der Waals surface area (Å²) in [6.07, 6.45) is 2.11. The predicted octanol–water partition coefficient (Wildman–Crippen LogP) is 2.66. The topological polar surface area (TPSA) is 3.24 Å². The summed E-state index contributed by atoms with van der Waals surface area (Å²) in [7, 11) is 0. The molecule has 0 aromatic rings. The van der Waals surface area contributed by atoms with Gasteiger partial charge in [-0.3, -0.25) is 4.90 Å². The number of piperidine rings is 1. The minimum Gasteiger partial charge on any atom is -0.295 e. The minimum absolute atomic E-state index is 0.0850. The Kier molecular flexibility index (Phi) is 2.10. The molecule has 0 aromatic heterocycles. The molecule has 1 nitrogen and oxygen atoms in total. The number of alkyl halides is 2. The Bertz CT molecular complexity index is 187. The summed E-state index contributed by atoms with van der Waals surface area (Å²) in [6.45, 7) is 4.21. The van der Waals surface area contributed by atoms with Crippen LogP contribution in [0.3, 0.4) is 0 Å². The van der Waals surface area contributed by atoms with Crippen LogP contribution in [0.4, 0.5) is 8.78 Å². The molecule has 13 heavy (non-hydrogen) atoms. The van der Waals surface area contributed by atoms with Crippen LogP contribution in [0.25, 0.3) is 0 Å². The van der Waals surface area contributed by atoms with Gasteiger partial charge in [0.25, 0.3) is 5.92 Å². The van der Waals surface area contributed by atoms with Gasteiger partial charge in [-0.05, 0) is 26.7 Å². The SMILES string of the molecule is CC(C)N1C2CCC1CC(F)(F)C2. The van der Waals surface area contributed by atoms with E-state index in [0.29, 0.717) is 6.04 Å².